The summed E-state index contributed by atoms with van der Waals surface area (Å²) >= 11 is 0. The molecule has 1 amide bonds. The topological polar surface area (TPSA) is 320 Å². The first-order valence-corrected chi connectivity index (χ1v) is 23.6. The van der Waals surface area contributed by atoms with E-state index in [0.29, 0.717) is 31.4 Å². The molecule has 69 heavy (non-hydrogen) atoms. The number of aliphatic hydroxyl groups is 7. The van der Waals surface area contributed by atoms with Gasteiger partial charge in [-0.25, -0.2) is 0 Å². The number of esters is 1. The predicted octanol–water partition coefficient (Wildman–Crippen LogP) is -4.05. The number of amides is 1. The Balaban J connectivity index is 0.0000104. The van der Waals surface area contributed by atoms with Crippen LogP contribution in [-0.4, -0.2) is 193 Å². The molecule has 23 heteroatoms. The Hall–Kier alpha value is -2.33. The van der Waals surface area contributed by atoms with E-state index >= 15 is 0 Å². The molecule has 4 aliphatic rings. The van der Waals surface area contributed by atoms with Gasteiger partial charge in [-0.05, 0) is 50.3 Å². The minimum Gasteiger partial charge on any atom is -0.547 e. The van der Waals surface area contributed by atoms with Gasteiger partial charge in [0.25, 0.3) is 5.91 Å². The first kappa shape index (κ1) is 59.2. The van der Waals surface area contributed by atoms with Crippen molar-refractivity contribution in [1.29, 1.82) is 0 Å². The first-order chi connectivity index (χ1) is 32.6. The van der Waals surface area contributed by atoms with Crippen LogP contribution in [0.2, 0.25) is 0 Å². The van der Waals surface area contributed by atoms with Crippen molar-refractivity contribution < 1.29 is 132 Å². The fourth-order valence-electron chi connectivity index (χ4n) is 9.15. The summed E-state index contributed by atoms with van der Waals surface area (Å²) in [5, 5.41) is 92.2. The zero-order valence-electron chi connectivity index (χ0n) is 40.2. The minimum atomic E-state index is -1.97. The standard InChI is InChI=1S/C46H73NO21.Na/c1-24-34(51)36(53)37(54)45(63-24)68-40-33(47-42(56)26-17-18-27(59-2)28(21-26)60-3)44(62-19-13-8-6-5-7-12-16-32(50)61-4)66-31(23-49)39(40)67-46-38(55)41(35(52)30(22-48)65-46)64-29(43(57)58)20-25-14-10-9-11-15-25;/h17-18,21,24-25,29-31,33-41,44-46,48-49,51-55H,5-16,19-20,22-23H2,1-4H3,(H,47,56)(H,57,58);/q;+1/p-1/t24-,29-,30-,31-,33-,34+,35-,36-,37-,38-,39+,40+,41-,44+,45-,46-;/m0./s1. The molecule has 22 nitrogen and oxygen atoms in total. The van der Waals surface area contributed by atoms with Gasteiger partial charge in [0.15, 0.2) is 30.4 Å². The second-order valence-electron chi connectivity index (χ2n) is 17.9. The van der Waals surface area contributed by atoms with Crippen LogP contribution in [0.25, 0.3) is 0 Å². The van der Waals surface area contributed by atoms with Crippen molar-refractivity contribution in [3.05, 3.63) is 23.8 Å². The average Bonchev–Trinajstić information content (AvgIpc) is 3.34. The summed E-state index contributed by atoms with van der Waals surface area (Å²) in [5.41, 5.74) is 0.0664. The van der Waals surface area contributed by atoms with Gasteiger partial charge in [-0.15, -0.1) is 0 Å². The smallest absolute Gasteiger partial charge is 0.547 e. The van der Waals surface area contributed by atoms with E-state index in [2.05, 4.69) is 5.32 Å². The molecular weight excluding hydrogens is 925 g/mol. The Labute approximate surface area is 424 Å². The summed E-state index contributed by atoms with van der Waals surface area (Å²) in [4.78, 5) is 38.2. The number of methoxy groups -OCH3 is 3. The average molecular weight is 998 g/mol. The summed E-state index contributed by atoms with van der Waals surface area (Å²) in [6, 6.07) is 2.92. The maximum Gasteiger partial charge on any atom is 1.00 e. The van der Waals surface area contributed by atoms with Crippen molar-refractivity contribution in [3.63, 3.8) is 0 Å². The number of carbonyl (C=O) groups excluding carboxylic acids is 3. The zero-order chi connectivity index (χ0) is 49.5. The molecule has 1 aromatic rings. The van der Waals surface area contributed by atoms with Gasteiger partial charge in [0.1, 0.15) is 67.1 Å². The second-order valence-corrected chi connectivity index (χ2v) is 17.9. The molecule has 4 fully saturated rings. The van der Waals surface area contributed by atoms with Crippen LogP contribution in [0.3, 0.4) is 0 Å². The van der Waals surface area contributed by atoms with Crippen LogP contribution in [-0.2, 0) is 47.5 Å². The number of hydrogen-bond acceptors (Lipinski definition) is 21. The molecule has 1 aromatic carbocycles. The monoisotopic (exact) mass is 997 g/mol. The number of nitrogens with one attached hydrogen (secondary N) is 1. The fraction of sp³-hybridized carbons (Fsp3) is 0.804. The summed E-state index contributed by atoms with van der Waals surface area (Å²) < 4.78 is 58.4. The molecule has 0 unspecified atom stereocenters. The maximum atomic E-state index is 14.3. The number of benzene rings is 1. The SMILES string of the molecule is COC(=O)CCCCCCCCO[C@@H]1O[C@@H](CO)[C@@H](O[C@@H]2O[C@@H](CO)[C@H](O)[C@H](O[C@@H](CC3CCCCC3)C(=O)[O-])[C@@H]2O)[C@H](O[C@@H]2O[C@@H](C)[C@@H](O)[C@H](O)[C@@H]2O)[C@@H]1NC(=O)c1ccc(OC)c(OC)c1.[Na+]. The van der Waals surface area contributed by atoms with Crippen molar-refractivity contribution in [2.45, 2.75) is 189 Å². The van der Waals surface area contributed by atoms with Crippen LogP contribution < -0.4 is 49.5 Å². The van der Waals surface area contributed by atoms with Crippen LogP contribution >= 0.6 is 0 Å². The molecule has 388 valence electrons. The largest absolute Gasteiger partial charge is 1.00 e. The van der Waals surface area contributed by atoms with Gasteiger partial charge >= 0.3 is 35.5 Å². The Morgan fingerprint density at radius 3 is 1.99 bits per heavy atom. The fourth-order valence-corrected chi connectivity index (χ4v) is 9.15. The van der Waals surface area contributed by atoms with E-state index in [9.17, 15) is 55.2 Å². The Bertz CT molecular complexity index is 1710. The summed E-state index contributed by atoms with van der Waals surface area (Å²) in [6.45, 7) is -0.172. The maximum absolute atomic E-state index is 14.3. The van der Waals surface area contributed by atoms with Crippen molar-refractivity contribution >= 4 is 17.8 Å². The van der Waals surface area contributed by atoms with Gasteiger partial charge in [-0.2, -0.15) is 0 Å². The number of carboxylic acid groups (broad SMARTS) is 1. The molecule has 0 radical (unpaired) electrons. The molecule has 16 atom stereocenters. The summed E-state index contributed by atoms with van der Waals surface area (Å²) in [5.74, 6) is -2.06. The van der Waals surface area contributed by atoms with E-state index < -0.39 is 123 Å². The Morgan fingerprint density at radius 1 is 0.725 bits per heavy atom. The molecule has 0 aromatic heterocycles. The molecular formula is C46H72NNaO21. The van der Waals surface area contributed by atoms with Crippen molar-refractivity contribution in [2.75, 3.05) is 41.2 Å². The Kier molecular flexibility index (Phi) is 25.2. The van der Waals surface area contributed by atoms with E-state index in [1.807, 2.05) is 0 Å². The number of rotatable bonds is 25. The van der Waals surface area contributed by atoms with Gasteiger partial charge in [0.05, 0.1) is 52.7 Å². The van der Waals surface area contributed by atoms with Crippen LogP contribution in [0.5, 0.6) is 11.5 Å². The van der Waals surface area contributed by atoms with Crippen molar-refractivity contribution in [1.82, 2.24) is 5.32 Å². The van der Waals surface area contributed by atoms with Crippen molar-refractivity contribution in [2.24, 2.45) is 5.92 Å². The summed E-state index contributed by atoms with van der Waals surface area (Å²) in [7, 11) is 4.15. The van der Waals surface area contributed by atoms with E-state index in [1.54, 1.807) is 0 Å². The summed E-state index contributed by atoms with van der Waals surface area (Å²) in [6.07, 6.45) is -15.5. The van der Waals surface area contributed by atoms with E-state index in [-0.39, 0.29) is 65.8 Å². The van der Waals surface area contributed by atoms with Crippen LogP contribution in [0.15, 0.2) is 18.2 Å². The molecule has 1 saturated carbocycles. The molecule has 0 bridgehead atoms. The number of carboxylic acids is 1. The number of aliphatic carboxylic acids is 1. The number of aliphatic hydroxyl groups excluding tert-OH is 7. The molecule has 5 rings (SSSR count). The van der Waals surface area contributed by atoms with Gasteiger partial charge < -0.3 is 98.3 Å². The van der Waals surface area contributed by atoms with Crippen LogP contribution in [0.1, 0.15) is 101 Å². The number of unbranched alkanes of at least 4 members (excludes halogenated alkanes) is 5. The molecule has 1 aliphatic carbocycles. The third-order valence-electron chi connectivity index (χ3n) is 13.1. The first-order valence-electron chi connectivity index (χ1n) is 23.6. The third-order valence-corrected chi connectivity index (χ3v) is 13.1. The van der Waals surface area contributed by atoms with E-state index in [4.69, 9.17) is 47.4 Å². The van der Waals surface area contributed by atoms with Gasteiger partial charge in [-0.1, -0.05) is 57.8 Å². The van der Waals surface area contributed by atoms with E-state index in [0.717, 1.165) is 51.4 Å². The Morgan fingerprint density at radius 2 is 1.35 bits per heavy atom. The molecule has 3 saturated heterocycles. The van der Waals surface area contributed by atoms with E-state index in [1.165, 1.54) is 46.5 Å². The molecule has 3 aliphatic heterocycles. The number of hydrogen-bond donors (Lipinski definition) is 8. The third kappa shape index (κ3) is 16.1. The normalized spacial score (nSPS) is 33.4. The predicted molar refractivity (Wildman–Crippen MR) is 232 cm³/mol. The van der Waals surface area contributed by atoms with Gasteiger partial charge in [-0.3, -0.25) is 9.59 Å². The molecule has 3 heterocycles. The number of ether oxygens (including phenoxy) is 10. The molecule has 0 spiro atoms. The van der Waals surface area contributed by atoms with Crippen molar-refractivity contribution in [3.8, 4) is 11.5 Å². The minimum absolute atomic E-state index is 0. The van der Waals surface area contributed by atoms with Gasteiger partial charge in [0.2, 0.25) is 0 Å². The molecule has 8 N–H and O–H groups in total. The quantitative estimate of drug-likeness (QED) is 0.0263. The zero-order valence-corrected chi connectivity index (χ0v) is 42.2. The van der Waals surface area contributed by atoms with Crippen LogP contribution in [0, 0.1) is 5.92 Å². The van der Waals surface area contributed by atoms with Gasteiger partial charge in [0, 0.05) is 18.6 Å². The second kappa shape index (κ2) is 29.4. The number of carbonyl (C=O) groups is 3. The van der Waals surface area contributed by atoms with Crippen LogP contribution in [0.4, 0.5) is 0 Å².